The summed E-state index contributed by atoms with van der Waals surface area (Å²) >= 11 is 0. The fraction of sp³-hybridized carbons (Fsp3) is 0.0476. The molecule has 4 nitrogen and oxygen atoms in total. The van der Waals surface area contributed by atoms with Gasteiger partial charge < -0.3 is 10.6 Å². The van der Waals surface area contributed by atoms with Crippen LogP contribution in [0.2, 0.25) is 0 Å². The molecular formula is C21H17N3O. The first-order chi connectivity index (χ1) is 12.2. The van der Waals surface area contributed by atoms with Gasteiger partial charge in [0.15, 0.2) is 0 Å². The Morgan fingerprint density at radius 2 is 1.40 bits per heavy atom. The van der Waals surface area contributed by atoms with Crippen LogP contribution >= 0.6 is 0 Å². The molecule has 2 N–H and O–H groups in total. The fourth-order valence-electron chi connectivity index (χ4n) is 2.40. The van der Waals surface area contributed by atoms with Gasteiger partial charge in [-0.2, -0.15) is 0 Å². The molecule has 3 rings (SSSR count). The maximum Gasteiger partial charge on any atom is 0.237 e. The molecule has 4 heteroatoms. The molecule has 0 aliphatic rings. The van der Waals surface area contributed by atoms with E-state index in [1.165, 1.54) is 0 Å². The Balaban J connectivity index is 1.84. The second kappa shape index (κ2) is 7.80. The third-order valence-electron chi connectivity index (χ3n) is 3.59. The van der Waals surface area contributed by atoms with E-state index in [2.05, 4.69) is 16.8 Å². The summed E-state index contributed by atoms with van der Waals surface area (Å²) in [6, 6.07) is 21.2. The minimum Gasteiger partial charge on any atom is -0.368 e. The molecule has 2 aromatic carbocycles. The van der Waals surface area contributed by atoms with Crippen LogP contribution in [0.15, 0.2) is 79.1 Å². The molecule has 0 unspecified atom stereocenters. The lowest BCUT2D eigenvalue weighted by molar-refractivity contribution is -0.116. The monoisotopic (exact) mass is 327 g/mol. The lowest BCUT2D eigenvalue weighted by atomic mass is 10.1. The summed E-state index contributed by atoms with van der Waals surface area (Å²) < 4.78 is 0. The van der Waals surface area contributed by atoms with Crippen LogP contribution in [0, 0.1) is 11.8 Å². The lowest BCUT2D eigenvalue weighted by Crippen LogP contribution is -2.30. The van der Waals surface area contributed by atoms with Crippen LogP contribution < -0.4 is 10.6 Å². The zero-order valence-corrected chi connectivity index (χ0v) is 13.6. The summed E-state index contributed by atoms with van der Waals surface area (Å²) in [5, 5.41) is 0. The molecule has 0 saturated carbocycles. The number of nitrogens with zero attached hydrogens (tertiary/aromatic N) is 2. The van der Waals surface area contributed by atoms with E-state index in [1.54, 1.807) is 12.4 Å². The highest BCUT2D eigenvalue weighted by Gasteiger charge is 2.11. The summed E-state index contributed by atoms with van der Waals surface area (Å²) in [6.45, 7) is 0.0963. The Morgan fingerprint density at radius 1 is 0.840 bits per heavy atom. The van der Waals surface area contributed by atoms with Crippen molar-refractivity contribution in [1.29, 1.82) is 0 Å². The third kappa shape index (κ3) is 4.46. The van der Waals surface area contributed by atoms with Crippen LogP contribution in [-0.4, -0.2) is 17.4 Å². The second-order valence-corrected chi connectivity index (χ2v) is 5.42. The average Bonchev–Trinajstić information content (AvgIpc) is 2.66. The maximum atomic E-state index is 11.4. The molecule has 0 bridgehead atoms. The van der Waals surface area contributed by atoms with Crippen molar-refractivity contribution in [2.45, 2.75) is 0 Å². The van der Waals surface area contributed by atoms with Crippen LogP contribution in [0.3, 0.4) is 0 Å². The van der Waals surface area contributed by atoms with Crippen LogP contribution in [0.1, 0.15) is 11.1 Å². The highest BCUT2D eigenvalue weighted by atomic mass is 16.1. The first-order valence-corrected chi connectivity index (χ1v) is 7.85. The number of hydrogen-bond acceptors (Lipinski definition) is 3. The van der Waals surface area contributed by atoms with E-state index in [0.717, 1.165) is 22.5 Å². The predicted octanol–water partition coefficient (Wildman–Crippen LogP) is 3.10. The SMILES string of the molecule is NC(=O)CN(c1ccncc1)c1ccc(C#Cc2ccccc2)cc1. The van der Waals surface area contributed by atoms with Crippen molar-refractivity contribution in [2.24, 2.45) is 5.73 Å². The van der Waals surface area contributed by atoms with E-state index < -0.39 is 5.91 Å². The molecule has 0 aliphatic heterocycles. The van der Waals surface area contributed by atoms with Gasteiger partial charge in [-0.3, -0.25) is 9.78 Å². The predicted molar refractivity (Wildman–Crippen MR) is 99.3 cm³/mol. The van der Waals surface area contributed by atoms with Crippen LogP contribution in [0.25, 0.3) is 0 Å². The summed E-state index contributed by atoms with van der Waals surface area (Å²) in [5.74, 6) is 5.87. The first-order valence-electron chi connectivity index (χ1n) is 7.85. The van der Waals surface area contributed by atoms with E-state index in [-0.39, 0.29) is 6.54 Å². The Kier molecular flexibility index (Phi) is 5.08. The van der Waals surface area contributed by atoms with Crippen molar-refractivity contribution in [3.63, 3.8) is 0 Å². The summed E-state index contributed by atoms with van der Waals surface area (Å²) in [5.41, 5.74) is 9.00. The Labute approximate surface area is 146 Å². The van der Waals surface area contributed by atoms with Gasteiger partial charge >= 0.3 is 0 Å². The molecule has 25 heavy (non-hydrogen) atoms. The number of nitrogens with two attached hydrogens (primary N) is 1. The minimum atomic E-state index is -0.398. The zero-order chi connectivity index (χ0) is 17.5. The fourth-order valence-corrected chi connectivity index (χ4v) is 2.40. The number of pyridine rings is 1. The summed E-state index contributed by atoms with van der Waals surface area (Å²) in [6.07, 6.45) is 3.37. The minimum absolute atomic E-state index is 0.0963. The summed E-state index contributed by atoms with van der Waals surface area (Å²) in [7, 11) is 0. The lowest BCUT2D eigenvalue weighted by Gasteiger charge is -2.23. The van der Waals surface area contributed by atoms with E-state index in [4.69, 9.17) is 5.73 Å². The van der Waals surface area contributed by atoms with Gasteiger partial charge in [-0.25, -0.2) is 0 Å². The number of anilines is 2. The molecular weight excluding hydrogens is 310 g/mol. The number of rotatable bonds is 4. The van der Waals surface area contributed by atoms with Gasteiger partial charge in [0.1, 0.15) is 6.54 Å². The van der Waals surface area contributed by atoms with Gasteiger partial charge in [0.2, 0.25) is 5.91 Å². The second-order valence-electron chi connectivity index (χ2n) is 5.42. The van der Waals surface area contributed by atoms with Gasteiger partial charge in [-0.05, 0) is 48.5 Å². The number of carbonyl (C=O) groups is 1. The molecule has 0 fully saturated rings. The van der Waals surface area contributed by atoms with Crippen molar-refractivity contribution in [2.75, 3.05) is 11.4 Å². The number of aromatic nitrogens is 1. The standard InChI is InChI=1S/C21H17N3O/c22-21(25)16-24(20-12-14-23-15-13-20)19-10-8-18(9-11-19)7-6-17-4-2-1-3-5-17/h1-5,8-15H,16H2,(H2,22,25). The highest BCUT2D eigenvalue weighted by molar-refractivity contribution is 5.83. The number of benzene rings is 2. The summed E-state index contributed by atoms with van der Waals surface area (Å²) in [4.78, 5) is 17.3. The van der Waals surface area contributed by atoms with Crippen molar-refractivity contribution in [3.8, 4) is 11.8 Å². The van der Waals surface area contributed by atoms with E-state index in [0.29, 0.717) is 0 Å². The largest absolute Gasteiger partial charge is 0.368 e. The van der Waals surface area contributed by atoms with Gasteiger partial charge in [0.05, 0.1) is 0 Å². The normalized spacial score (nSPS) is 9.76. The quantitative estimate of drug-likeness (QED) is 0.749. The van der Waals surface area contributed by atoms with Gasteiger partial charge in [-0.1, -0.05) is 30.0 Å². The van der Waals surface area contributed by atoms with Crippen molar-refractivity contribution >= 4 is 17.3 Å². The number of hydrogen-bond donors (Lipinski definition) is 1. The van der Waals surface area contributed by atoms with Crippen LogP contribution in [0.5, 0.6) is 0 Å². The Hall–Kier alpha value is -3.58. The molecule has 122 valence electrons. The van der Waals surface area contributed by atoms with Gasteiger partial charge in [0.25, 0.3) is 0 Å². The molecule has 0 radical (unpaired) electrons. The molecule has 0 atom stereocenters. The van der Waals surface area contributed by atoms with Crippen molar-refractivity contribution < 1.29 is 4.79 Å². The smallest absolute Gasteiger partial charge is 0.237 e. The van der Waals surface area contributed by atoms with Crippen LogP contribution in [-0.2, 0) is 4.79 Å². The topological polar surface area (TPSA) is 59.2 Å². The molecule has 3 aromatic rings. The average molecular weight is 327 g/mol. The Morgan fingerprint density at radius 3 is 2.00 bits per heavy atom. The number of primary amides is 1. The van der Waals surface area contributed by atoms with Crippen molar-refractivity contribution in [3.05, 3.63) is 90.3 Å². The first kappa shape index (κ1) is 16.3. The van der Waals surface area contributed by atoms with E-state index in [9.17, 15) is 4.79 Å². The van der Waals surface area contributed by atoms with Crippen LogP contribution in [0.4, 0.5) is 11.4 Å². The third-order valence-corrected chi connectivity index (χ3v) is 3.59. The molecule has 1 aromatic heterocycles. The maximum absolute atomic E-state index is 11.4. The Bertz CT molecular complexity index is 895. The van der Waals surface area contributed by atoms with Gasteiger partial charge in [0, 0.05) is 34.9 Å². The zero-order valence-electron chi connectivity index (χ0n) is 13.6. The van der Waals surface area contributed by atoms with Gasteiger partial charge in [-0.15, -0.1) is 0 Å². The van der Waals surface area contributed by atoms with Crippen molar-refractivity contribution in [1.82, 2.24) is 4.98 Å². The van der Waals surface area contributed by atoms with E-state index in [1.807, 2.05) is 71.6 Å². The molecule has 0 spiro atoms. The molecule has 0 aliphatic carbocycles. The molecule has 0 saturated heterocycles. The highest BCUT2D eigenvalue weighted by Crippen LogP contribution is 2.24. The molecule has 1 heterocycles. The number of amides is 1. The molecule has 1 amide bonds. The van der Waals surface area contributed by atoms with E-state index >= 15 is 0 Å². The number of carbonyl (C=O) groups excluding carboxylic acids is 1.